The molecule has 1 aliphatic rings. The molecule has 0 radical (unpaired) electrons. The van der Waals surface area contributed by atoms with Crippen molar-refractivity contribution in [3.05, 3.63) is 12.7 Å². The van der Waals surface area contributed by atoms with Crippen LogP contribution in [0.1, 0.15) is 6.92 Å². The van der Waals surface area contributed by atoms with E-state index in [-0.39, 0.29) is 18.5 Å². The van der Waals surface area contributed by atoms with Crippen molar-refractivity contribution in [2.24, 2.45) is 0 Å². The fourth-order valence-corrected chi connectivity index (χ4v) is 1.79. The SMILES string of the molecule is C=CC(=O)N1CCN(CC(F)(F)F)C(C)C1. The molecule has 0 N–H and O–H groups in total. The van der Waals surface area contributed by atoms with Gasteiger partial charge in [0.25, 0.3) is 0 Å². The summed E-state index contributed by atoms with van der Waals surface area (Å²) in [5.74, 6) is -0.224. The van der Waals surface area contributed by atoms with Crippen molar-refractivity contribution in [3.63, 3.8) is 0 Å². The van der Waals surface area contributed by atoms with Crippen LogP contribution in [0.2, 0.25) is 0 Å². The molecular weight excluding hydrogens is 221 g/mol. The van der Waals surface area contributed by atoms with Crippen LogP contribution < -0.4 is 0 Å². The highest BCUT2D eigenvalue weighted by Gasteiger charge is 2.35. The van der Waals surface area contributed by atoms with E-state index in [2.05, 4.69) is 6.58 Å². The molecule has 1 unspecified atom stereocenters. The Morgan fingerprint density at radius 3 is 2.56 bits per heavy atom. The van der Waals surface area contributed by atoms with E-state index in [1.165, 1.54) is 15.9 Å². The van der Waals surface area contributed by atoms with Crippen LogP contribution in [-0.2, 0) is 4.79 Å². The summed E-state index contributed by atoms with van der Waals surface area (Å²) in [5, 5.41) is 0. The lowest BCUT2D eigenvalue weighted by molar-refractivity contribution is -0.156. The average molecular weight is 236 g/mol. The van der Waals surface area contributed by atoms with Gasteiger partial charge in [-0.15, -0.1) is 0 Å². The van der Waals surface area contributed by atoms with Crippen molar-refractivity contribution in [2.75, 3.05) is 26.2 Å². The summed E-state index contributed by atoms with van der Waals surface area (Å²) in [6.45, 7) is 5.03. The monoisotopic (exact) mass is 236 g/mol. The van der Waals surface area contributed by atoms with Gasteiger partial charge in [0.15, 0.2) is 0 Å². The summed E-state index contributed by atoms with van der Waals surface area (Å²) >= 11 is 0. The average Bonchev–Trinajstić information content (AvgIpc) is 2.18. The summed E-state index contributed by atoms with van der Waals surface area (Å²) in [4.78, 5) is 14.1. The number of rotatable bonds is 2. The van der Waals surface area contributed by atoms with Crippen LogP contribution >= 0.6 is 0 Å². The number of hydrogen-bond acceptors (Lipinski definition) is 2. The molecule has 1 rings (SSSR count). The van der Waals surface area contributed by atoms with Gasteiger partial charge in [0.2, 0.25) is 5.91 Å². The summed E-state index contributed by atoms with van der Waals surface area (Å²) in [7, 11) is 0. The van der Waals surface area contributed by atoms with E-state index in [4.69, 9.17) is 0 Å². The lowest BCUT2D eigenvalue weighted by Gasteiger charge is -2.39. The molecule has 0 saturated carbocycles. The Bertz CT molecular complexity index is 278. The molecule has 0 bridgehead atoms. The fourth-order valence-electron chi connectivity index (χ4n) is 1.79. The minimum atomic E-state index is -4.18. The maximum atomic E-state index is 12.2. The summed E-state index contributed by atoms with van der Waals surface area (Å²) in [6, 6.07) is -0.278. The zero-order valence-corrected chi connectivity index (χ0v) is 9.13. The second-order valence-corrected chi connectivity index (χ2v) is 3.92. The second kappa shape index (κ2) is 4.86. The third kappa shape index (κ3) is 3.52. The van der Waals surface area contributed by atoms with Crippen molar-refractivity contribution in [1.82, 2.24) is 9.80 Å². The van der Waals surface area contributed by atoms with Crippen molar-refractivity contribution in [3.8, 4) is 0 Å². The Hall–Kier alpha value is -1.04. The lowest BCUT2D eigenvalue weighted by atomic mass is 10.2. The minimum Gasteiger partial charge on any atom is -0.336 e. The maximum absolute atomic E-state index is 12.2. The molecule has 1 fully saturated rings. The summed E-state index contributed by atoms with van der Waals surface area (Å²) < 4.78 is 36.6. The predicted octanol–water partition coefficient (Wildman–Crippen LogP) is 1.27. The zero-order valence-electron chi connectivity index (χ0n) is 9.13. The summed E-state index contributed by atoms with van der Waals surface area (Å²) in [5.41, 5.74) is 0. The molecule has 1 saturated heterocycles. The first-order chi connectivity index (χ1) is 7.33. The number of hydrogen-bond donors (Lipinski definition) is 0. The first-order valence-corrected chi connectivity index (χ1v) is 5.05. The van der Waals surface area contributed by atoms with Gasteiger partial charge in [-0.05, 0) is 13.0 Å². The Morgan fingerprint density at radius 2 is 2.12 bits per heavy atom. The molecule has 1 amide bonds. The highest BCUT2D eigenvalue weighted by Crippen LogP contribution is 2.20. The number of piperazine rings is 1. The number of amides is 1. The smallest absolute Gasteiger partial charge is 0.336 e. The first-order valence-electron chi connectivity index (χ1n) is 5.05. The third-order valence-electron chi connectivity index (χ3n) is 2.63. The van der Waals surface area contributed by atoms with E-state index in [0.29, 0.717) is 13.1 Å². The third-order valence-corrected chi connectivity index (χ3v) is 2.63. The molecule has 92 valence electrons. The molecule has 0 aromatic heterocycles. The standard InChI is InChI=1S/C10H15F3N2O/c1-3-9(16)14-4-5-15(8(2)6-14)7-10(11,12)13/h3,8H,1,4-7H2,2H3. The molecule has 0 aliphatic carbocycles. The van der Waals surface area contributed by atoms with Gasteiger partial charge in [-0.25, -0.2) is 0 Å². The molecular formula is C10H15F3N2O. The van der Waals surface area contributed by atoms with E-state index < -0.39 is 12.7 Å². The van der Waals surface area contributed by atoms with E-state index in [1.54, 1.807) is 6.92 Å². The largest absolute Gasteiger partial charge is 0.401 e. The van der Waals surface area contributed by atoms with Gasteiger partial charge in [0.1, 0.15) is 0 Å². The Labute approximate surface area is 92.5 Å². The molecule has 0 aromatic rings. The van der Waals surface area contributed by atoms with Crippen molar-refractivity contribution in [1.29, 1.82) is 0 Å². The maximum Gasteiger partial charge on any atom is 0.401 e. The minimum absolute atomic E-state index is 0.224. The fraction of sp³-hybridized carbons (Fsp3) is 0.700. The molecule has 0 aromatic carbocycles. The first kappa shape index (κ1) is 13.0. The van der Waals surface area contributed by atoms with E-state index >= 15 is 0 Å². The molecule has 16 heavy (non-hydrogen) atoms. The number of alkyl halides is 3. The quantitative estimate of drug-likeness (QED) is 0.674. The van der Waals surface area contributed by atoms with Crippen LogP contribution in [0, 0.1) is 0 Å². The van der Waals surface area contributed by atoms with Crippen LogP contribution in [0.25, 0.3) is 0 Å². The van der Waals surface area contributed by atoms with Gasteiger partial charge in [-0.2, -0.15) is 13.2 Å². The molecule has 0 spiro atoms. The highest BCUT2D eigenvalue weighted by atomic mass is 19.4. The molecule has 1 atom stereocenters. The van der Waals surface area contributed by atoms with Gasteiger partial charge in [-0.1, -0.05) is 6.58 Å². The number of carbonyl (C=O) groups is 1. The molecule has 1 aliphatic heterocycles. The van der Waals surface area contributed by atoms with Gasteiger partial charge in [-0.3, -0.25) is 9.69 Å². The van der Waals surface area contributed by atoms with Crippen LogP contribution in [0.3, 0.4) is 0 Å². The van der Waals surface area contributed by atoms with Gasteiger partial charge >= 0.3 is 6.18 Å². The Morgan fingerprint density at radius 1 is 1.50 bits per heavy atom. The number of halogens is 3. The van der Waals surface area contributed by atoms with Crippen molar-refractivity contribution in [2.45, 2.75) is 19.1 Å². The van der Waals surface area contributed by atoms with Crippen LogP contribution in [-0.4, -0.2) is 54.1 Å². The van der Waals surface area contributed by atoms with Gasteiger partial charge in [0.05, 0.1) is 6.54 Å². The van der Waals surface area contributed by atoms with Crippen LogP contribution in [0.4, 0.5) is 13.2 Å². The van der Waals surface area contributed by atoms with Crippen LogP contribution in [0.15, 0.2) is 12.7 Å². The topological polar surface area (TPSA) is 23.6 Å². The normalized spacial score (nSPS) is 23.2. The summed E-state index contributed by atoms with van der Waals surface area (Å²) in [6.07, 6.45) is -3.00. The van der Waals surface area contributed by atoms with E-state index in [9.17, 15) is 18.0 Å². The van der Waals surface area contributed by atoms with E-state index in [1.807, 2.05) is 0 Å². The van der Waals surface area contributed by atoms with Crippen molar-refractivity contribution >= 4 is 5.91 Å². The van der Waals surface area contributed by atoms with Gasteiger partial charge in [0, 0.05) is 25.7 Å². The lowest BCUT2D eigenvalue weighted by Crippen LogP contribution is -2.55. The van der Waals surface area contributed by atoms with Crippen LogP contribution in [0.5, 0.6) is 0 Å². The number of carbonyl (C=O) groups excluding carboxylic acids is 1. The second-order valence-electron chi connectivity index (χ2n) is 3.92. The molecule has 6 heteroatoms. The Balaban J connectivity index is 2.52. The highest BCUT2D eigenvalue weighted by molar-refractivity contribution is 5.87. The molecule has 3 nitrogen and oxygen atoms in total. The van der Waals surface area contributed by atoms with Gasteiger partial charge < -0.3 is 4.90 Å². The number of nitrogens with zero attached hydrogens (tertiary/aromatic N) is 2. The molecule has 1 heterocycles. The Kier molecular flexibility index (Phi) is 3.96. The predicted molar refractivity (Wildman–Crippen MR) is 53.9 cm³/mol. The zero-order chi connectivity index (χ0) is 12.3. The van der Waals surface area contributed by atoms with E-state index in [0.717, 1.165) is 0 Å². The van der Waals surface area contributed by atoms with Crippen molar-refractivity contribution < 1.29 is 18.0 Å².